The third-order valence-electron chi connectivity index (χ3n) is 5.30. The van der Waals surface area contributed by atoms with Crippen LogP contribution in [-0.2, 0) is 4.79 Å². The zero-order valence-corrected chi connectivity index (χ0v) is 16.2. The zero-order valence-electron chi connectivity index (χ0n) is 16.2. The quantitative estimate of drug-likeness (QED) is 0.726. The summed E-state index contributed by atoms with van der Waals surface area (Å²) in [5.41, 5.74) is 0.662. The molecule has 148 valence electrons. The van der Waals surface area contributed by atoms with Gasteiger partial charge in [-0.3, -0.25) is 9.59 Å². The maximum Gasteiger partial charge on any atom is 0.260 e. The largest absolute Gasteiger partial charge is 0.484 e. The van der Waals surface area contributed by atoms with Crippen molar-refractivity contribution in [1.29, 1.82) is 0 Å². The van der Waals surface area contributed by atoms with Crippen molar-refractivity contribution in [2.75, 3.05) is 19.7 Å². The molecule has 0 unspecified atom stereocenters. The summed E-state index contributed by atoms with van der Waals surface area (Å²) >= 11 is 0. The topological polar surface area (TPSA) is 58.6 Å². The number of fused-ring (bicyclic) bond motifs is 1. The van der Waals surface area contributed by atoms with Crippen LogP contribution >= 0.6 is 0 Å². The highest BCUT2D eigenvalue weighted by Crippen LogP contribution is 2.21. The van der Waals surface area contributed by atoms with Crippen molar-refractivity contribution < 1.29 is 14.3 Å². The Morgan fingerprint density at radius 2 is 1.59 bits per heavy atom. The first kappa shape index (κ1) is 19.0. The van der Waals surface area contributed by atoms with Crippen LogP contribution in [0.5, 0.6) is 5.75 Å². The summed E-state index contributed by atoms with van der Waals surface area (Å²) in [6.45, 7) is 1.28. The lowest BCUT2D eigenvalue weighted by molar-refractivity contribution is -0.134. The Morgan fingerprint density at radius 3 is 2.34 bits per heavy atom. The van der Waals surface area contributed by atoms with E-state index in [1.165, 1.54) is 0 Å². The summed E-state index contributed by atoms with van der Waals surface area (Å²) < 4.78 is 5.72. The van der Waals surface area contributed by atoms with Crippen LogP contribution in [0.1, 0.15) is 23.2 Å². The van der Waals surface area contributed by atoms with Crippen LogP contribution < -0.4 is 10.1 Å². The van der Waals surface area contributed by atoms with Gasteiger partial charge in [-0.25, -0.2) is 0 Å². The van der Waals surface area contributed by atoms with E-state index in [-0.39, 0.29) is 24.5 Å². The van der Waals surface area contributed by atoms with Crippen molar-refractivity contribution in [2.24, 2.45) is 0 Å². The van der Waals surface area contributed by atoms with Crippen LogP contribution in [0.4, 0.5) is 0 Å². The summed E-state index contributed by atoms with van der Waals surface area (Å²) in [5.74, 6) is 0.614. The third-order valence-corrected chi connectivity index (χ3v) is 5.30. The molecule has 3 aromatic carbocycles. The van der Waals surface area contributed by atoms with Crippen molar-refractivity contribution in [3.63, 3.8) is 0 Å². The monoisotopic (exact) mass is 388 g/mol. The van der Waals surface area contributed by atoms with Crippen molar-refractivity contribution in [3.8, 4) is 5.75 Å². The maximum absolute atomic E-state index is 12.5. The number of hydrogen-bond donors (Lipinski definition) is 1. The third kappa shape index (κ3) is 4.74. The van der Waals surface area contributed by atoms with Crippen LogP contribution in [0, 0.1) is 0 Å². The van der Waals surface area contributed by atoms with Gasteiger partial charge in [0.2, 0.25) is 0 Å². The van der Waals surface area contributed by atoms with E-state index in [4.69, 9.17) is 4.74 Å². The second kappa shape index (κ2) is 8.78. The normalized spacial score (nSPS) is 14.6. The van der Waals surface area contributed by atoms with Gasteiger partial charge < -0.3 is 15.0 Å². The molecule has 5 heteroatoms. The highest BCUT2D eigenvalue weighted by atomic mass is 16.5. The molecule has 0 saturated carbocycles. The lowest BCUT2D eigenvalue weighted by atomic mass is 10.0. The van der Waals surface area contributed by atoms with Gasteiger partial charge in [0.1, 0.15) is 5.75 Å². The number of carbonyl (C=O) groups excluding carboxylic acids is 2. The van der Waals surface area contributed by atoms with Gasteiger partial charge >= 0.3 is 0 Å². The average molecular weight is 388 g/mol. The summed E-state index contributed by atoms with van der Waals surface area (Å²) in [5, 5.41) is 5.30. The van der Waals surface area contributed by atoms with Crippen LogP contribution in [-0.4, -0.2) is 42.5 Å². The van der Waals surface area contributed by atoms with Crippen molar-refractivity contribution in [2.45, 2.75) is 18.9 Å². The van der Waals surface area contributed by atoms with Crippen LogP contribution in [0.15, 0.2) is 72.8 Å². The molecule has 1 N–H and O–H groups in total. The fraction of sp³-hybridized carbons (Fsp3) is 0.250. The second-order valence-electron chi connectivity index (χ2n) is 7.29. The molecule has 29 heavy (non-hydrogen) atoms. The van der Waals surface area contributed by atoms with Crippen LogP contribution in [0.2, 0.25) is 0 Å². The molecule has 1 saturated heterocycles. The van der Waals surface area contributed by atoms with Crippen molar-refractivity contribution in [3.05, 3.63) is 78.4 Å². The van der Waals surface area contributed by atoms with E-state index >= 15 is 0 Å². The van der Waals surface area contributed by atoms with Gasteiger partial charge in [0.25, 0.3) is 11.8 Å². The fourth-order valence-electron chi connectivity index (χ4n) is 3.63. The van der Waals surface area contributed by atoms with E-state index in [2.05, 4.69) is 5.32 Å². The Morgan fingerprint density at radius 1 is 0.897 bits per heavy atom. The Balaban J connectivity index is 1.25. The predicted octanol–water partition coefficient (Wildman–Crippen LogP) is 3.64. The number of likely N-dealkylation sites (tertiary alicyclic amines) is 1. The first-order valence-electron chi connectivity index (χ1n) is 9.94. The molecule has 0 aliphatic carbocycles. The van der Waals surface area contributed by atoms with E-state index < -0.39 is 0 Å². The van der Waals surface area contributed by atoms with Crippen LogP contribution in [0.25, 0.3) is 10.8 Å². The summed E-state index contributed by atoms with van der Waals surface area (Å²) in [6, 6.07) is 23.2. The number of amides is 2. The molecule has 0 spiro atoms. The van der Waals surface area contributed by atoms with Gasteiger partial charge in [0.05, 0.1) is 0 Å². The standard InChI is InChI=1S/C24H24N2O3/c27-23(17-29-22-11-10-18-6-4-5-9-20(18)16-22)26-14-12-21(13-15-26)25-24(28)19-7-2-1-3-8-19/h1-11,16,21H,12-15,17H2,(H,25,28). The lowest BCUT2D eigenvalue weighted by Gasteiger charge is -2.32. The SMILES string of the molecule is O=C(NC1CCN(C(=O)COc2ccc3ccccc3c2)CC1)c1ccccc1. The summed E-state index contributed by atoms with van der Waals surface area (Å²) in [4.78, 5) is 26.6. The number of ether oxygens (including phenoxy) is 1. The Bertz CT molecular complexity index is 995. The van der Waals surface area contributed by atoms with E-state index in [1.54, 1.807) is 12.1 Å². The minimum absolute atomic E-state index is 0.0222. The van der Waals surface area contributed by atoms with Crippen LogP contribution in [0.3, 0.4) is 0 Å². The Labute approximate surface area is 170 Å². The molecule has 4 rings (SSSR count). The molecule has 0 aromatic heterocycles. The van der Waals surface area contributed by atoms with Gasteiger partial charge in [-0.2, -0.15) is 0 Å². The predicted molar refractivity (Wildman–Crippen MR) is 113 cm³/mol. The summed E-state index contributed by atoms with van der Waals surface area (Å²) in [6.07, 6.45) is 1.50. The number of hydrogen-bond acceptors (Lipinski definition) is 3. The van der Waals surface area contributed by atoms with Gasteiger partial charge in [0, 0.05) is 24.7 Å². The minimum atomic E-state index is -0.0602. The molecule has 0 radical (unpaired) electrons. The molecule has 2 amide bonds. The van der Waals surface area contributed by atoms with Crippen molar-refractivity contribution in [1.82, 2.24) is 10.2 Å². The van der Waals surface area contributed by atoms with E-state index in [9.17, 15) is 9.59 Å². The second-order valence-corrected chi connectivity index (χ2v) is 7.29. The fourth-order valence-corrected chi connectivity index (χ4v) is 3.63. The number of benzene rings is 3. The first-order valence-corrected chi connectivity index (χ1v) is 9.94. The van der Waals surface area contributed by atoms with Gasteiger partial charge in [-0.05, 0) is 47.9 Å². The van der Waals surface area contributed by atoms with Crippen molar-refractivity contribution >= 4 is 22.6 Å². The smallest absolute Gasteiger partial charge is 0.260 e. The van der Waals surface area contributed by atoms with Gasteiger partial charge in [-0.1, -0.05) is 48.5 Å². The zero-order chi connectivity index (χ0) is 20.1. The molecule has 1 heterocycles. The Hall–Kier alpha value is -3.34. The summed E-state index contributed by atoms with van der Waals surface area (Å²) in [7, 11) is 0. The number of piperidine rings is 1. The first-order chi connectivity index (χ1) is 14.2. The molecule has 5 nitrogen and oxygen atoms in total. The minimum Gasteiger partial charge on any atom is -0.484 e. The average Bonchev–Trinajstić information content (AvgIpc) is 2.78. The molecular formula is C24H24N2O3. The van der Waals surface area contributed by atoms with Gasteiger partial charge in [0.15, 0.2) is 6.61 Å². The molecule has 1 aliphatic heterocycles. The molecule has 0 bridgehead atoms. The Kier molecular flexibility index (Phi) is 5.75. The number of carbonyl (C=O) groups is 2. The molecule has 1 fully saturated rings. The highest BCUT2D eigenvalue weighted by molar-refractivity contribution is 5.94. The highest BCUT2D eigenvalue weighted by Gasteiger charge is 2.24. The van der Waals surface area contributed by atoms with Gasteiger partial charge in [-0.15, -0.1) is 0 Å². The van der Waals surface area contributed by atoms with E-state index in [0.29, 0.717) is 24.4 Å². The lowest BCUT2D eigenvalue weighted by Crippen LogP contribution is -2.47. The number of nitrogens with one attached hydrogen (secondary N) is 1. The molecular weight excluding hydrogens is 364 g/mol. The molecule has 3 aromatic rings. The maximum atomic E-state index is 12.5. The molecule has 1 aliphatic rings. The molecule has 0 atom stereocenters. The van der Waals surface area contributed by atoms with E-state index in [0.717, 1.165) is 23.6 Å². The van der Waals surface area contributed by atoms with E-state index in [1.807, 2.05) is 65.6 Å². The number of rotatable bonds is 5. The number of nitrogens with zero attached hydrogens (tertiary/aromatic N) is 1.